The minimum Gasteiger partial charge on any atom is -0.387 e. The lowest BCUT2D eigenvalue weighted by molar-refractivity contribution is -0.158. The number of hydrogen-bond acceptors (Lipinski definition) is 5. The lowest BCUT2D eigenvalue weighted by atomic mass is 10.2. The third-order valence-corrected chi connectivity index (χ3v) is 2.57. The van der Waals surface area contributed by atoms with Crippen LogP contribution < -0.4 is 0 Å². The molecule has 4 nitrogen and oxygen atoms in total. The number of alkyl halides is 1. The first kappa shape index (κ1) is 10.8. The van der Waals surface area contributed by atoms with Crippen LogP contribution in [0.25, 0.3) is 0 Å². The van der Waals surface area contributed by atoms with Crippen molar-refractivity contribution in [3.05, 3.63) is 0 Å². The lowest BCUT2D eigenvalue weighted by Crippen LogP contribution is -2.48. The molecule has 0 saturated carbocycles. The van der Waals surface area contributed by atoms with Gasteiger partial charge in [-0.2, -0.15) is 0 Å². The molecule has 0 amide bonds. The van der Waals surface area contributed by atoms with Crippen molar-refractivity contribution in [3.8, 4) is 0 Å². The number of Topliss-reactive ketones (excluding diaryl/α,β-unsaturated/α-hetero) is 1. The fraction of sp³-hybridized carbons (Fsp3) is 0.714. The second-order valence-electron chi connectivity index (χ2n) is 2.50. The van der Waals surface area contributed by atoms with Crippen molar-refractivity contribution < 1.29 is 18.5 Å². The molecular weight excluding hydrogens is 216 g/mol. The molecule has 0 aromatic heterocycles. The highest BCUT2D eigenvalue weighted by Crippen LogP contribution is 2.29. The highest BCUT2D eigenvalue weighted by Gasteiger charge is 2.50. The number of rotatable bonds is 3. The Labute approximate surface area is 85.1 Å². The molecule has 0 aromatic carbocycles. The number of carbonyl (C=O) groups excluding carboxylic acids is 2. The summed E-state index contributed by atoms with van der Waals surface area (Å²) < 4.78 is 9.53. The summed E-state index contributed by atoms with van der Waals surface area (Å²) in [5.74, 6) is -1.24. The van der Waals surface area contributed by atoms with Crippen molar-refractivity contribution in [1.29, 1.82) is 0 Å². The van der Waals surface area contributed by atoms with E-state index in [1.165, 1.54) is 0 Å². The second-order valence-corrected chi connectivity index (χ2v) is 3.72. The topological polar surface area (TPSA) is 52.6 Å². The molecule has 6 heteroatoms. The van der Waals surface area contributed by atoms with Crippen molar-refractivity contribution in [1.82, 2.24) is 0 Å². The van der Waals surface area contributed by atoms with Gasteiger partial charge in [0, 0.05) is 6.61 Å². The average molecular weight is 225 g/mol. The summed E-state index contributed by atoms with van der Waals surface area (Å²) in [7, 11) is 0. The van der Waals surface area contributed by atoms with Gasteiger partial charge in [-0.1, -0.05) is 18.5 Å². The van der Waals surface area contributed by atoms with Crippen LogP contribution in [-0.4, -0.2) is 29.2 Å². The lowest BCUT2D eigenvalue weighted by Gasteiger charge is -2.26. The first-order valence-electron chi connectivity index (χ1n) is 3.81. The maximum Gasteiger partial charge on any atom is 0.374 e. The summed E-state index contributed by atoms with van der Waals surface area (Å²) in [6, 6.07) is 0. The van der Waals surface area contributed by atoms with Gasteiger partial charge >= 0.3 is 11.0 Å². The highest BCUT2D eigenvalue weighted by atomic mass is 35.5. The third kappa shape index (κ3) is 2.15. The molecule has 74 valence electrons. The van der Waals surface area contributed by atoms with E-state index in [0.717, 1.165) is 12.0 Å². The third-order valence-electron chi connectivity index (χ3n) is 1.45. The van der Waals surface area contributed by atoms with Gasteiger partial charge in [0.2, 0.25) is 5.78 Å². The Morgan fingerprint density at radius 2 is 2.38 bits per heavy atom. The minimum atomic E-state index is -1.90. The Kier molecular flexibility index (Phi) is 3.58. The van der Waals surface area contributed by atoms with Crippen molar-refractivity contribution in [2.24, 2.45) is 0 Å². The van der Waals surface area contributed by atoms with E-state index < -0.39 is 16.8 Å². The maximum absolute atomic E-state index is 11.3. The van der Waals surface area contributed by atoms with E-state index in [2.05, 4.69) is 4.18 Å². The Hall–Kier alpha value is -0.260. The van der Waals surface area contributed by atoms with E-state index >= 15 is 0 Å². The predicted molar refractivity (Wildman–Crippen MR) is 48.4 cm³/mol. The monoisotopic (exact) mass is 224 g/mol. The average Bonchev–Trinajstić information content (AvgIpc) is 2.11. The molecule has 13 heavy (non-hydrogen) atoms. The van der Waals surface area contributed by atoms with Crippen LogP contribution in [0.5, 0.6) is 0 Å². The first-order chi connectivity index (χ1) is 6.11. The quantitative estimate of drug-likeness (QED) is 0.409. The molecule has 0 spiro atoms. The van der Waals surface area contributed by atoms with Crippen LogP contribution in [0.2, 0.25) is 0 Å². The van der Waals surface area contributed by atoms with E-state index in [1.54, 1.807) is 0 Å². The van der Waals surface area contributed by atoms with Crippen LogP contribution in [0.1, 0.15) is 13.3 Å². The summed E-state index contributed by atoms with van der Waals surface area (Å²) in [6.45, 7) is 2.11. The summed E-state index contributed by atoms with van der Waals surface area (Å²) >= 11 is 6.48. The Balaban J connectivity index is 2.69. The standard InChI is InChI=1S/C7H9ClO4S/c1-2-3-11-7(8)5(9)4-13-12-6(7)10/h2-4H2,1H3. The summed E-state index contributed by atoms with van der Waals surface area (Å²) in [5.41, 5.74) is 0. The maximum atomic E-state index is 11.3. The van der Waals surface area contributed by atoms with Crippen LogP contribution in [0.15, 0.2) is 0 Å². The van der Waals surface area contributed by atoms with E-state index in [1.807, 2.05) is 6.92 Å². The molecule has 1 saturated heterocycles. The molecular formula is C7H9ClO4S. The normalized spacial score (nSPS) is 28.8. The predicted octanol–water partition coefficient (Wildman–Crippen LogP) is 1.12. The Morgan fingerprint density at radius 3 is 2.92 bits per heavy atom. The van der Waals surface area contributed by atoms with E-state index in [0.29, 0.717) is 6.42 Å². The zero-order valence-corrected chi connectivity index (χ0v) is 8.61. The van der Waals surface area contributed by atoms with E-state index in [-0.39, 0.29) is 12.4 Å². The van der Waals surface area contributed by atoms with Gasteiger partial charge in [-0.05, 0) is 6.42 Å². The smallest absolute Gasteiger partial charge is 0.374 e. The SMILES string of the molecule is CCCOC1(Cl)C(=O)CSOC1=O. The molecule has 0 bridgehead atoms. The molecule has 1 fully saturated rings. The van der Waals surface area contributed by atoms with Gasteiger partial charge < -0.3 is 8.92 Å². The van der Waals surface area contributed by atoms with Gasteiger partial charge in [-0.25, -0.2) is 4.79 Å². The molecule has 1 unspecified atom stereocenters. The zero-order chi connectivity index (χ0) is 9.90. The minimum absolute atomic E-state index is 0.0406. The van der Waals surface area contributed by atoms with Crippen LogP contribution in [-0.2, 0) is 18.5 Å². The first-order valence-corrected chi connectivity index (χ1v) is 5.10. The highest BCUT2D eigenvalue weighted by molar-refractivity contribution is 7.95. The molecule has 0 radical (unpaired) electrons. The van der Waals surface area contributed by atoms with Crippen LogP contribution in [0.3, 0.4) is 0 Å². The summed E-state index contributed by atoms with van der Waals surface area (Å²) in [6.07, 6.45) is 0.683. The molecule has 1 aliphatic rings. The Bertz CT molecular complexity index is 215. The van der Waals surface area contributed by atoms with E-state index in [4.69, 9.17) is 16.3 Å². The van der Waals surface area contributed by atoms with Crippen molar-refractivity contribution >= 4 is 35.4 Å². The van der Waals surface area contributed by atoms with Crippen molar-refractivity contribution in [2.45, 2.75) is 18.4 Å². The molecule has 0 aromatic rings. The molecule has 1 rings (SSSR count). The number of halogens is 1. The van der Waals surface area contributed by atoms with Gasteiger partial charge in [0.1, 0.15) is 0 Å². The molecule has 1 heterocycles. The molecule has 0 aliphatic carbocycles. The van der Waals surface area contributed by atoms with Crippen molar-refractivity contribution in [3.63, 3.8) is 0 Å². The van der Waals surface area contributed by atoms with E-state index in [9.17, 15) is 9.59 Å². The molecule has 1 aliphatic heterocycles. The number of ether oxygens (including phenoxy) is 1. The number of ketones is 1. The van der Waals surface area contributed by atoms with Gasteiger partial charge in [-0.15, -0.1) is 0 Å². The van der Waals surface area contributed by atoms with Crippen molar-refractivity contribution in [2.75, 3.05) is 12.4 Å². The number of hydrogen-bond donors (Lipinski definition) is 0. The largest absolute Gasteiger partial charge is 0.387 e. The fourth-order valence-corrected chi connectivity index (χ4v) is 1.68. The summed E-state index contributed by atoms with van der Waals surface area (Å²) in [5, 5.41) is -1.90. The molecule has 1 atom stereocenters. The van der Waals surface area contributed by atoms with Gasteiger partial charge in [0.15, 0.2) is 0 Å². The van der Waals surface area contributed by atoms with Crippen LogP contribution in [0.4, 0.5) is 0 Å². The zero-order valence-electron chi connectivity index (χ0n) is 7.04. The second kappa shape index (κ2) is 4.30. The summed E-state index contributed by atoms with van der Waals surface area (Å²) in [4.78, 5) is 22.4. The van der Waals surface area contributed by atoms with Gasteiger partial charge in [-0.3, -0.25) is 4.79 Å². The van der Waals surface area contributed by atoms with Gasteiger partial charge in [0.25, 0.3) is 0 Å². The number of carbonyl (C=O) groups is 2. The fourth-order valence-electron chi connectivity index (χ4n) is 0.779. The Morgan fingerprint density at radius 1 is 1.69 bits per heavy atom. The van der Waals surface area contributed by atoms with Crippen LogP contribution >= 0.6 is 23.6 Å². The van der Waals surface area contributed by atoms with Crippen LogP contribution in [0, 0.1) is 0 Å². The molecule has 0 N–H and O–H groups in total. The van der Waals surface area contributed by atoms with Gasteiger partial charge in [0.05, 0.1) is 17.8 Å².